The van der Waals surface area contributed by atoms with Crippen molar-refractivity contribution in [2.45, 2.75) is 88.3 Å². The molecule has 4 aromatic carbocycles. The molecule has 0 nitrogen and oxygen atoms in total. The van der Waals surface area contributed by atoms with Gasteiger partial charge in [0.15, 0.2) is 0 Å². The molecule has 228 valence electrons. The standard InChI is InChI=1S/C42H42.2CH3.Hf/c1-28(2)30-12-8-14-32(22-30)38-18-10-16-34-24-36(26-40(34)38)42(20-6-5-7-21-42)37-25-35-17-11-19-39(41(35)27-37)33-15-9-13-31(23-33)29(3)4;;;/h8-19,22-29H,5-7,20-21H2,1-4H3;2*1H3;. The summed E-state index contributed by atoms with van der Waals surface area (Å²) in [6.07, 6.45) is 12.2. The Balaban J connectivity index is 1.33. The van der Waals surface area contributed by atoms with Crippen molar-refractivity contribution in [3.8, 4) is 22.3 Å². The Morgan fingerprint density at radius 2 is 1.02 bits per heavy atom. The van der Waals surface area contributed by atoms with E-state index in [1.54, 1.807) is 11.1 Å². The Hall–Kier alpha value is -2.77. The minimum absolute atomic E-state index is 0.204. The fourth-order valence-electron chi connectivity index (χ4n) is 9.94. The third-order valence-corrected chi connectivity index (χ3v) is 27.3. The molecule has 1 saturated heterocycles. The van der Waals surface area contributed by atoms with Gasteiger partial charge in [-0.2, -0.15) is 0 Å². The van der Waals surface area contributed by atoms with Crippen molar-refractivity contribution in [3.05, 3.63) is 129 Å². The molecule has 2 atom stereocenters. The molecule has 2 unspecified atom stereocenters. The monoisotopic (exact) mass is 756 g/mol. The first kappa shape index (κ1) is 29.6. The van der Waals surface area contributed by atoms with Crippen LogP contribution in [0.1, 0.15) is 112 Å². The van der Waals surface area contributed by atoms with Gasteiger partial charge in [0, 0.05) is 0 Å². The number of fused-ring (bicyclic) bond motifs is 8. The molecule has 0 bridgehead atoms. The van der Waals surface area contributed by atoms with Crippen molar-refractivity contribution in [2.75, 3.05) is 0 Å². The molecule has 4 aromatic rings. The van der Waals surface area contributed by atoms with Gasteiger partial charge < -0.3 is 0 Å². The summed E-state index contributed by atoms with van der Waals surface area (Å²) in [4.78, 5) is 0. The van der Waals surface area contributed by atoms with E-state index < -0.39 is 20.0 Å². The van der Waals surface area contributed by atoms with Crippen molar-refractivity contribution in [2.24, 2.45) is 5.41 Å². The van der Waals surface area contributed by atoms with E-state index in [0.717, 1.165) is 0 Å². The van der Waals surface area contributed by atoms with Gasteiger partial charge in [0.1, 0.15) is 0 Å². The summed E-state index contributed by atoms with van der Waals surface area (Å²) < 4.78 is 6.92. The molecule has 0 amide bonds. The van der Waals surface area contributed by atoms with Crippen LogP contribution >= 0.6 is 0 Å². The van der Waals surface area contributed by atoms with Gasteiger partial charge in [0.2, 0.25) is 0 Å². The Labute approximate surface area is 276 Å². The van der Waals surface area contributed by atoms with E-state index in [1.807, 2.05) is 11.1 Å². The number of hydrogen-bond donors (Lipinski definition) is 0. The van der Waals surface area contributed by atoms with Crippen molar-refractivity contribution < 1.29 is 20.0 Å². The van der Waals surface area contributed by atoms with Crippen LogP contribution in [0.25, 0.3) is 34.4 Å². The quantitative estimate of drug-likeness (QED) is 0.182. The second kappa shape index (κ2) is 10.9. The van der Waals surface area contributed by atoms with Crippen LogP contribution in [0.3, 0.4) is 0 Å². The zero-order valence-corrected chi connectivity index (χ0v) is 31.7. The van der Waals surface area contributed by atoms with Gasteiger partial charge in [-0.05, 0) is 0 Å². The summed E-state index contributed by atoms with van der Waals surface area (Å²) in [5.74, 6) is 1.07. The van der Waals surface area contributed by atoms with Crippen molar-refractivity contribution in [1.82, 2.24) is 0 Å². The second-order valence-corrected chi connectivity index (χ2v) is 32.9. The van der Waals surface area contributed by atoms with E-state index >= 15 is 0 Å². The maximum absolute atomic E-state index is 3.09. The van der Waals surface area contributed by atoms with E-state index in [0.29, 0.717) is 19.2 Å². The molecule has 0 aromatic heterocycles. The van der Waals surface area contributed by atoms with E-state index in [9.17, 15) is 0 Å². The van der Waals surface area contributed by atoms with Crippen LogP contribution in [0.15, 0.2) is 96.1 Å². The predicted octanol–water partition coefficient (Wildman–Crippen LogP) is 13.1. The number of hydrogen-bond acceptors (Lipinski definition) is 0. The van der Waals surface area contributed by atoms with E-state index in [4.69, 9.17) is 0 Å². The van der Waals surface area contributed by atoms with Crippen LogP contribution in [0.4, 0.5) is 0 Å². The molecule has 0 N–H and O–H groups in total. The normalized spacial score (nSPS) is 22.1. The summed E-state index contributed by atoms with van der Waals surface area (Å²) >= 11 is -3.09. The molecule has 1 heteroatoms. The Morgan fingerprint density at radius 1 is 0.578 bits per heavy atom. The predicted molar refractivity (Wildman–Crippen MR) is 191 cm³/mol. The Kier molecular flexibility index (Phi) is 7.18. The van der Waals surface area contributed by atoms with Gasteiger partial charge in [0.05, 0.1) is 0 Å². The van der Waals surface area contributed by atoms with E-state index in [1.165, 1.54) is 76.6 Å². The Bertz CT molecular complexity index is 1740. The molecule has 4 aliphatic rings. The third-order valence-electron chi connectivity index (χ3n) is 12.2. The fourth-order valence-corrected chi connectivity index (χ4v) is 27.0. The molecule has 0 radical (unpaired) electrons. The third kappa shape index (κ3) is 4.46. The topological polar surface area (TPSA) is 0 Å². The van der Waals surface area contributed by atoms with Gasteiger partial charge in [-0.25, -0.2) is 0 Å². The van der Waals surface area contributed by atoms with Gasteiger partial charge in [-0.15, -0.1) is 0 Å². The molecule has 8 rings (SSSR count). The molecule has 1 saturated carbocycles. The van der Waals surface area contributed by atoms with Crippen molar-refractivity contribution >= 4 is 12.2 Å². The second-order valence-electron chi connectivity index (χ2n) is 15.7. The zero-order chi connectivity index (χ0) is 31.1. The van der Waals surface area contributed by atoms with E-state index in [-0.39, 0.29) is 5.41 Å². The minimum atomic E-state index is -3.09. The van der Waals surface area contributed by atoms with Gasteiger partial charge in [-0.1, -0.05) is 0 Å². The number of allylic oxidation sites excluding steroid dienone is 2. The van der Waals surface area contributed by atoms with Crippen LogP contribution in [0.5, 0.6) is 0 Å². The van der Waals surface area contributed by atoms with Crippen LogP contribution in [-0.4, -0.2) is 0 Å². The molecule has 45 heavy (non-hydrogen) atoms. The first-order valence-corrected chi connectivity index (χ1v) is 28.9. The summed E-state index contributed by atoms with van der Waals surface area (Å²) in [7, 11) is 0. The zero-order valence-electron chi connectivity index (χ0n) is 28.1. The van der Waals surface area contributed by atoms with Gasteiger partial charge in [0.25, 0.3) is 0 Å². The van der Waals surface area contributed by atoms with Gasteiger partial charge in [-0.3, -0.25) is 0 Å². The SMILES string of the molecule is CC(C)c1cccc(-c2cccc3c2C=C2[CH]3[Hf]([CH3])([CH3])[CH]3C(=Cc4c(-c5cccc(C(C)C)c5)cccc43)C23CCCCC3)c1. The number of rotatable bonds is 4. The molecular formula is C44H48Hf. The fraction of sp³-hybridized carbons (Fsp3) is 0.364. The molecule has 1 aliphatic heterocycles. The molecule has 1 heterocycles. The van der Waals surface area contributed by atoms with Crippen molar-refractivity contribution in [1.29, 1.82) is 0 Å². The van der Waals surface area contributed by atoms with Crippen LogP contribution in [0.2, 0.25) is 9.36 Å². The van der Waals surface area contributed by atoms with Crippen LogP contribution in [0, 0.1) is 5.41 Å². The molecule has 1 spiro atoms. The molecular weight excluding hydrogens is 707 g/mol. The maximum atomic E-state index is 2.81. The summed E-state index contributed by atoms with van der Waals surface area (Å²) in [5.41, 5.74) is 18.7. The Morgan fingerprint density at radius 3 is 1.47 bits per heavy atom. The summed E-state index contributed by atoms with van der Waals surface area (Å²) in [6.45, 7) is 9.25. The summed E-state index contributed by atoms with van der Waals surface area (Å²) in [5, 5.41) is 0. The average Bonchev–Trinajstić information content (AvgIpc) is 3.66. The molecule has 2 fully saturated rings. The summed E-state index contributed by atoms with van der Waals surface area (Å²) in [6, 6.07) is 33.3. The van der Waals surface area contributed by atoms with Crippen molar-refractivity contribution in [3.63, 3.8) is 0 Å². The first-order valence-electron chi connectivity index (χ1n) is 17.6. The van der Waals surface area contributed by atoms with Crippen LogP contribution in [-0.2, 0) is 20.0 Å². The molecule has 3 aliphatic carbocycles. The van der Waals surface area contributed by atoms with E-state index in [2.05, 4.69) is 134 Å². The average molecular weight is 755 g/mol. The first-order chi connectivity index (χ1) is 21.7. The number of benzene rings is 4. The van der Waals surface area contributed by atoms with Crippen LogP contribution < -0.4 is 0 Å². The van der Waals surface area contributed by atoms with Gasteiger partial charge >= 0.3 is 278 Å².